The minimum absolute atomic E-state index is 0.0392. The summed E-state index contributed by atoms with van der Waals surface area (Å²) in [6.07, 6.45) is 13.2. The Morgan fingerprint density at radius 1 is 1.15 bits per heavy atom. The molecule has 0 aromatic carbocycles. The molecule has 1 N–H and O–H groups in total. The Balaban J connectivity index is 0.000000342. The molecule has 11 heteroatoms. The number of halogens is 3. The quantitative estimate of drug-likeness (QED) is 0.0728. The molecule has 2 aliphatic rings. The number of carbonyl (C=O) groups is 2. The number of esters is 1. The van der Waals surface area contributed by atoms with E-state index >= 15 is 0 Å². The highest BCUT2D eigenvalue weighted by Crippen LogP contribution is 2.49. The molecule has 0 radical (unpaired) electrons. The summed E-state index contributed by atoms with van der Waals surface area (Å²) in [4.78, 5) is 22.7. The average Bonchev–Trinajstić information content (AvgIpc) is 3.09. The fourth-order valence-electron chi connectivity index (χ4n) is 4.47. The van der Waals surface area contributed by atoms with Gasteiger partial charge >= 0.3 is 21.3 Å². The molecule has 0 bridgehead atoms. The van der Waals surface area contributed by atoms with Crippen molar-refractivity contribution < 1.29 is 36.1 Å². The molecule has 0 saturated heterocycles. The summed E-state index contributed by atoms with van der Waals surface area (Å²) in [6.45, 7) is 1.98. The van der Waals surface area contributed by atoms with Crippen molar-refractivity contribution in [2.24, 2.45) is 11.8 Å². The van der Waals surface area contributed by atoms with Gasteiger partial charge in [0.25, 0.3) is 0 Å². The van der Waals surface area contributed by atoms with Crippen LogP contribution in [0.15, 0.2) is 0 Å². The largest absolute Gasteiger partial charge is 0.465 e. The molecule has 0 aliphatic heterocycles. The lowest BCUT2D eigenvalue weighted by Crippen LogP contribution is -2.41. The smallest absolute Gasteiger partial charge is 0.460 e. The molecule has 194 valence electrons. The highest BCUT2D eigenvalue weighted by molar-refractivity contribution is 14.1. The van der Waals surface area contributed by atoms with Crippen LogP contribution in [0.4, 0.5) is 8.78 Å². The Labute approximate surface area is 215 Å². The maximum absolute atomic E-state index is 12.7. The van der Waals surface area contributed by atoms with Crippen LogP contribution in [0.1, 0.15) is 90.4 Å². The molecule has 3 unspecified atom stereocenters. The Hall–Kier alpha value is -0.0100. The van der Waals surface area contributed by atoms with Crippen LogP contribution in [-0.2, 0) is 24.4 Å². The number of unbranched alkanes of at least 4 members (excludes halogenated alkanes) is 5. The summed E-state index contributed by atoms with van der Waals surface area (Å²) in [5.41, 5.74) is 0. The van der Waals surface area contributed by atoms with Crippen molar-refractivity contribution in [2.75, 3.05) is 11.0 Å². The second-order valence-corrected chi connectivity index (χ2v) is 12.4. The van der Waals surface area contributed by atoms with E-state index in [1.54, 1.807) is 0 Å². The van der Waals surface area contributed by atoms with E-state index in [-0.39, 0.29) is 17.3 Å². The van der Waals surface area contributed by atoms with Crippen molar-refractivity contribution in [3.63, 3.8) is 0 Å². The summed E-state index contributed by atoms with van der Waals surface area (Å²) in [5, 5.41) is -4.90. The SMILES string of the molecule is CC1CCCC1(S)C1CCCCC1=O.O=C(OCCCCCCCCI)C(F)(F)S(=O)(=O)O. The van der Waals surface area contributed by atoms with Crippen LogP contribution in [0.25, 0.3) is 0 Å². The van der Waals surface area contributed by atoms with E-state index in [4.69, 9.17) is 17.2 Å². The monoisotopic (exact) mass is 626 g/mol. The molecule has 0 aromatic rings. The van der Waals surface area contributed by atoms with E-state index in [0.29, 0.717) is 24.5 Å². The van der Waals surface area contributed by atoms with Crippen molar-refractivity contribution in [2.45, 2.75) is 100 Å². The molecule has 0 spiro atoms. The zero-order valence-electron chi connectivity index (χ0n) is 19.2. The lowest BCUT2D eigenvalue weighted by Gasteiger charge is -2.38. The van der Waals surface area contributed by atoms with Gasteiger partial charge in [0.2, 0.25) is 0 Å². The van der Waals surface area contributed by atoms with E-state index < -0.39 is 21.3 Å². The normalized spacial score (nSPS) is 25.9. The number of thiol groups is 1. The van der Waals surface area contributed by atoms with Gasteiger partial charge in [0.05, 0.1) is 6.61 Å². The number of rotatable bonds is 11. The molecule has 0 aromatic heterocycles. The highest BCUT2D eigenvalue weighted by atomic mass is 127. The first-order valence-electron chi connectivity index (χ1n) is 11.7. The van der Waals surface area contributed by atoms with Gasteiger partial charge in [-0.3, -0.25) is 9.35 Å². The molecule has 2 fully saturated rings. The van der Waals surface area contributed by atoms with Gasteiger partial charge in [-0.2, -0.15) is 29.8 Å². The first kappa shape index (κ1) is 31.0. The summed E-state index contributed by atoms with van der Waals surface area (Å²) >= 11 is 7.14. The molecule has 2 saturated carbocycles. The Morgan fingerprint density at radius 3 is 2.27 bits per heavy atom. The Bertz CT molecular complexity index is 734. The minimum atomic E-state index is -5.77. The molecule has 0 amide bonds. The van der Waals surface area contributed by atoms with Crippen LogP contribution in [0.3, 0.4) is 0 Å². The van der Waals surface area contributed by atoms with Gasteiger partial charge in [-0.25, -0.2) is 4.79 Å². The fourth-order valence-corrected chi connectivity index (χ4v) is 5.84. The number of Topliss-reactive ketones (excluding diaryl/α,β-unsaturated/α-hetero) is 1. The second kappa shape index (κ2) is 14.5. The van der Waals surface area contributed by atoms with Crippen LogP contribution in [0.5, 0.6) is 0 Å². The van der Waals surface area contributed by atoms with Crippen molar-refractivity contribution in [3.8, 4) is 0 Å². The lowest BCUT2D eigenvalue weighted by atomic mass is 9.74. The standard InChI is InChI=1S/C12H20OS.C10H17F2IO5S/c1-9-5-4-8-12(9,14)10-6-2-3-7-11(10)13;11-10(12,19(15,16)17)9(14)18-8-6-4-2-1-3-5-7-13/h9-10,14H,2-8H2,1H3;1-8H2,(H,15,16,17). The van der Waals surface area contributed by atoms with Crippen molar-refractivity contribution in [1.82, 2.24) is 0 Å². The molecular weight excluding hydrogens is 589 g/mol. The number of hydrogen-bond acceptors (Lipinski definition) is 6. The number of alkyl halides is 3. The van der Waals surface area contributed by atoms with Crippen LogP contribution in [-0.4, -0.2) is 45.8 Å². The average molecular weight is 627 g/mol. The maximum atomic E-state index is 12.7. The predicted octanol–water partition coefficient (Wildman–Crippen LogP) is 6.02. The van der Waals surface area contributed by atoms with E-state index in [1.807, 2.05) is 0 Å². The molecule has 6 nitrogen and oxygen atoms in total. The second-order valence-electron chi connectivity index (χ2n) is 8.99. The predicted molar refractivity (Wildman–Crippen MR) is 136 cm³/mol. The minimum Gasteiger partial charge on any atom is -0.460 e. The van der Waals surface area contributed by atoms with E-state index in [0.717, 1.165) is 55.8 Å². The van der Waals surface area contributed by atoms with Gasteiger partial charge in [0.15, 0.2) is 0 Å². The zero-order chi connectivity index (χ0) is 25.1. The molecule has 3 atom stereocenters. The van der Waals surface area contributed by atoms with Crippen LogP contribution < -0.4 is 0 Å². The third-order valence-corrected chi connectivity index (χ3v) is 9.10. The molecule has 2 aliphatic carbocycles. The van der Waals surface area contributed by atoms with Crippen molar-refractivity contribution in [1.29, 1.82) is 0 Å². The van der Waals surface area contributed by atoms with E-state index in [9.17, 15) is 26.8 Å². The van der Waals surface area contributed by atoms with Crippen LogP contribution in [0, 0.1) is 11.8 Å². The number of ketones is 1. The number of ether oxygens (including phenoxy) is 1. The first-order chi connectivity index (χ1) is 15.4. The highest BCUT2D eigenvalue weighted by Gasteiger charge is 2.54. The summed E-state index contributed by atoms with van der Waals surface area (Å²) < 4.78 is 59.3. The first-order valence-corrected chi connectivity index (χ1v) is 15.1. The van der Waals surface area contributed by atoms with Gasteiger partial charge < -0.3 is 4.74 Å². The van der Waals surface area contributed by atoms with Crippen LogP contribution >= 0.6 is 35.2 Å². The zero-order valence-corrected chi connectivity index (χ0v) is 23.1. The van der Waals surface area contributed by atoms with Crippen molar-refractivity contribution >= 4 is 57.1 Å². The summed E-state index contributed by atoms with van der Waals surface area (Å²) in [5.74, 6) is -0.866. The molecule has 0 heterocycles. The van der Waals surface area contributed by atoms with Gasteiger partial charge in [-0.15, -0.1) is 0 Å². The van der Waals surface area contributed by atoms with E-state index in [1.165, 1.54) is 19.3 Å². The lowest BCUT2D eigenvalue weighted by molar-refractivity contribution is -0.161. The number of hydrogen-bond donors (Lipinski definition) is 2. The fraction of sp³-hybridized carbons (Fsp3) is 0.909. The van der Waals surface area contributed by atoms with Gasteiger partial charge in [-0.05, 0) is 48.9 Å². The topological polar surface area (TPSA) is 97.7 Å². The van der Waals surface area contributed by atoms with Gasteiger partial charge in [-0.1, -0.05) is 68.0 Å². The Kier molecular flexibility index (Phi) is 13.7. The van der Waals surface area contributed by atoms with E-state index in [2.05, 4.69) is 34.3 Å². The summed E-state index contributed by atoms with van der Waals surface area (Å²) in [7, 11) is -5.77. The third-order valence-electron chi connectivity index (χ3n) is 6.55. The molecule has 33 heavy (non-hydrogen) atoms. The Morgan fingerprint density at radius 2 is 1.76 bits per heavy atom. The van der Waals surface area contributed by atoms with Crippen LogP contribution in [0.2, 0.25) is 0 Å². The maximum Gasteiger partial charge on any atom is 0.465 e. The van der Waals surface area contributed by atoms with Gasteiger partial charge in [0, 0.05) is 17.1 Å². The van der Waals surface area contributed by atoms with Gasteiger partial charge in [0.1, 0.15) is 5.78 Å². The summed E-state index contributed by atoms with van der Waals surface area (Å²) in [6, 6.07) is 0. The third kappa shape index (κ3) is 9.51. The molecule has 2 rings (SSSR count). The van der Waals surface area contributed by atoms with Crippen molar-refractivity contribution in [3.05, 3.63) is 0 Å². The number of carbonyl (C=O) groups excluding carboxylic acids is 2. The molecular formula is C22H37F2IO6S2.